The van der Waals surface area contributed by atoms with Crippen molar-refractivity contribution in [2.24, 2.45) is 0 Å². The number of carbonyl (C=O) groups excluding carboxylic acids is 2. The van der Waals surface area contributed by atoms with Gasteiger partial charge in [-0.1, -0.05) is 39.0 Å². The summed E-state index contributed by atoms with van der Waals surface area (Å²) in [5, 5.41) is 3.26. The van der Waals surface area contributed by atoms with Gasteiger partial charge in [0.2, 0.25) is 0 Å². The molecule has 2 saturated heterocycles. The molecule has 2 atom stereocenters. The van der Waals surface area contributed by atoms with Crippen LogP contribution >= 0.6 is 0 Å². The van der Waals surface area contributed by atoms with Crippen molar-refractivity contribution in [2.45, 2.75) is 64.9 Å². The van der Waals surface area contributed by atoms with E-state index in [1.54, 1.807) is 4.90 Å². The van der Waals surface area contributed by atoms with Crippen LogP contribution in [-0.4, -0.2) is 77.7 Å². The van der Waals surface area contributed by atoms with Crippen LogP contribution in [-0.2, 0) is 9.16 Å². The number of aryl methyl sites for hydroxylation is 1. The van der Waals surface area contributed by atoms with Crippen LogP contribution < -0.4 is 15.1 Å². The van der Waals surface area contributed by atoms with Crippen molar-refractivity contribution in [3.8, 4) is 0 Å². The maximum absolute atomic E-state index is 13.4. The zero-order chi connectivity index (χ0) is 29.2. The second-order valence-corrected chi connectivity index (χ2v) is 17.6. The van der Waals surface area contributed by atoms with E-state index in [0.29, 0.717) is 18.7 Å². The van der Waals surface area contributed by atoms with Gasteiger partial charge in [0, 0.05) is 43.1 Å². The molecule has 8 nitrogen and oxygen atoms in total. The van der Waals surface area contributed by atoms with Crippen molar-refractivity contribution in [3.05, 3.63) is 59.2 Å². The molecule has 0 saturated carbocycles. The molecule has 1 unspecified atom stereocenters. The van der Waals surface area contributed by atoms with Crippen molar-refractivity contribution < 1.29 is 18.8 Å². The fourth-order valence-corrected chi connectivity index (χ4v) is 5.81. The Hall–Kier alpha value is -2.88. The highest BCUT2D eigenvalue weighted by Crippen LogP contribution is 2.37. The third kappa shape index (κ3) is 6.87. The average Bonchev–Trinajstić information content (AvgIpc) is 3.28. The molecule has 2 amide bonds. The lowest BCUT2D eigenvalue weighted by molar-refractivity contribution is 0.0938. The third-order valence-corrected chi connectivity index (χ3v) is 13.2. The highest BCUT2D eigenvalue weighted by molar-refractivity contribution is 6.74. The molecule has 2 heterocycles. The highest BCUT2D eigenvalue weighted by Gasteiger charge is 2.40. The molecule has 2 aliphatic heterocycles. The van der Waals surface area contributed by atoms with Gasteiger partial charge in [-0.2, -0.15) is 0 Å². The number of amides is 2. The summed E-state index contributed by atoms with van der Waals surface area (Å²) in [5.41, 5.74) is 4.39. The van der Waals surface area contributed by atoms with E-state index in [1.165, 1.54) is 0 Å². The first-order chi connectivity index (χ1) is 18.7. The molecule has 0 aromatic heterocycles. The van der Waals surface area contributed by atoms with E-state index < -0.39 is 8.32 Å². The molecule has 0 spiro atoms. The molecule has 0 aliphatic carbocycles. The molecule has 2 aliphatic rings. The summed E-state index contributed by atoms with van der Waals surface area (Å²) >= 11 is 0. The normalized spacial score (nSPS) is 19.5. The minimum atomic E-state index is -1.94. The number of nitrogens with one attached hydrogen (secondary N) is 1. The number of benzene rings is 2. The summed E-state index contributed by atoms with van der Waals surface area (Å²) in [4.78, 5) is 32.4. The van der Waals surface area contributed by atoms with Crippen LogP contribution in [0.25, 0.3) is 0 Å². The van der Waals surface area contributed by atoms with Gasteiger partial charge in [0.1, 0.15) is 6.10 Å². The van der Waals surface area contributed by atoms with E-state index in [-0.39, 0.29) is 29.2 Å². The number of rotatable bonds is 8. The van der Waals surface area contributed by atoms with Gasteiger partial charge in [0.15, 0.2) is 8.32 Å². The molecule has 1 N–H and O–H groups in total. The largest absolute Gasteiger partial charge is 0.442 e. The molecular weight excluding hydrogens is 520 g/mol. The van der Waals surface area contributed by atoms with E-state index in [4.69, 9.17) is 9.16 Å². The number of hydrogen-bond acceptors (Lipinski definition) is 6. The van der Waals surface area contributed by atoms with Crippen LogP contribution in [0.1, 0.15) is 55.2 Å². The van der Waals surface area contributed by atoms with E-state index >= 15 is 0 Å². The Morgan fingerprint density at radius 3 is 2.48 bits per heavy atom. The molecule has 218 valence electrons. The summed E-state index contributed by atoms with van der Waals surface area (Å²) in [7, 11) is 0.198. The maximum Gasteiger partial charge on any atom is 0.414 e. The van der Waals surface area contributed by atoms with Crippen LogP contribution in [0.15, 0.2) is 42.5 Å². The zero-order valence-corrected chi connectivity index (χ0v) is 26.4. The second kappa shape index (κ2) is 11.9. The van der Waals surface area contributed by atoms with Gasteiger partial charge in [-0.05, 0) is 74.4 Å². The Balaban J connectivity index is 1.40. The fraction of sp³-hybridized carbons (Fsp3) is 0.548. The Morgan fingerprint density at radius 2 is 1.80 bits per heavy atom. The summed E-state index contributed by atoms with van der Waals surface area (Å²) in [6.45, 7) is 19.7. The second-order valence-electron chi connectivity index (χ2n) is 12.8. The number of nitrogens with zero attached hydrogens (tertiary/aromatic N) is 3. The molecule has 2 aromatic carbocycles. The van der Waals surface area contributed by atoms with E-state index in [1.807, 2.05) is 50.2 Å². The van der Waals surface area contributed by atoms with Gasteiger partial charge in [0.05, 0.1) is 19.2 Å². The van der Waals surface area contributed by atoms with Gasteiger partial charge in [-0.25, -0.2) is 4.79 Å². The van der Waals surface area contributed by atoms with Gasteiger partial charge in [-0.15, -0.1) is 0 Å². The lowest BCUT2D eigenvalue weighted by atomic mass is 10.0. The first-order valence-corrected chi connectivity index (χ1v) is 17.2. The molecule has 0 radical (unpaired) electrons. The number of piperazine rings is 1. The van der Waals surface area contributed by atoms with E-state index in [2.05, 4.69) is 62.1 Å². The lowest BCUT2D eigenvalue weighted by Crippen LogP contribution is -2.44. The molecule has 9 heteroatoms. The first kappa shape index (κ1) is 30.1. The minimum absolute atomic E-state index is 0.0919. The van der Waals surface area contributed by atoms with Crippen LogP contribution in [0.4, 0.5) is 16.2 Å². The number of ether oxygens (including phenoxy) is 1. The Bertz CT molecular complexity index is 1220. The van der Waals surface area contributed by atoms with Gasteiger partial charge in [0.25, 0.3) is 5.91 Å². The molecule has 40 heavy (non-hydrogen) atoms. The number of likely N-dealkylation sites (N-methyl/N-ethyl adjacent to an activating group) is 1. The molecular formula is C31H46N4O4Si. The summed E-state index contributed by atoms with van der Waals surface area (Å²) in [6.07, 6.45) is -0.674. The van der Waals surface area contributed by atoms with Gasteiger partial charge >= 0.3 is 6.09 Å². The molecule has 0 bridgehead atoms. The summed E-state index contributed by atoms with van der Waals surface area (Å²) in [5.74, 6) is -0.102. The predicted molar refractivity (Wildman–Crippen MR) is 164 cm³/mol. The van der Waals surface area contributed by atoms with E-state index in [9.17, 15) is 9.59 Å². The smallest absolute Gasteiger partial charge is 0.414 e. The topological polar surface area (TPSA) is 74.3 Å². The van der Waals surface area contributed by atoms with E-state index in [0.717, 1.165) is 48.7 Å². The molecule has 2 aromatic rings. The SMILES string of the molecule is Cc1ccc(N2CCN(C)CC2)cc1C(=O)N[C@H](C)c1cccc(N2CC(CO[Si](C)(C)C(C)(C)C)OC2=O)c1. The van der Waals surface area contributed by atoms with Crippen molar-refractivity contribution in [3.63, 3.8) is 0 Å². The number of cyclic esters (lactones) is 1. The first-order valence-electron chi connectivity index (χ1n) is 14.3. The quantitative estimate of drug-likeness (QED) is 0.420. The zero-order valence-electron chi connectivity index (χ0n) is 25.4. The third-order valence-electron chi connectivity index (χ3n) is 8.67. The Kier molecular flexibility index (Phi) is 8.97. The van der Waals surface area contributed by atoms with Crippen LogP contribution in [0.5, 0.6) is 0 Å². The standard InChI is InChI=1S/C31H46N4O4Si/c1-22-12-13-25(34-16-14-33(6)15-17-34)19-28(22)29(36)32-23(2)24-10-9-11-26(18-24)35-20-27(39-30(35)37)21-38-40(7,8)31(3,4)5/h9-13,18-19,23,27H,14-17,20-21H2,1-8H3,(H,32,36)/t23-,27?/m1/s1. The Labute approximate surface area is 240 Å². The summed E-state index contributed by atoms with van der Waals surface area (Å²) < 4.78 is 11.9. The predicted octanol–water partition coefficient (Wildman–Crippen LogP) is 5.58. The maximum atomic E-state index is 13.4. The van der Waals surface area contributed by atoms with Crippen molar-refractivity contribution in [1.82, 2.24) is 10.2 Å². The number of hydrogen-bond donors (Lipinski definition) is 1. The van der Waals surface area contributed by atoms with Gasteiger partial charge < -0.3 is 24.3 Å². The van der Waals surface area contributed by atoms with Crippen LogP contribution in [0, 0.1) is 6.92 Å². The lowest BCUT2D eigenvalue weighted by Gasteiger charge is -2.36. The highest BCUT2D eigenvalue weighted by atomic mass is 28.4. The monoisotopic (exact) mass is 566 g/mol. The fourth-order valence-electron chi connectivity index (χ4n) is 4.77. The van der Waals surface area contributed by atoms with Crippen molar-refractivity contribution in [2.75, 3.05) is 56.2 Å². The number of carbonyl (C=O) groups is 2. The summed E-state index contributed by atoms with van der Waals surface area (Å²) in [6, 6.07) is 13.6. The van der Waals surface area contributed by atoms with Crippen LogP contribution in [0.3, 0.4) is 0 Å². The average molecular weight is 567 g/mol. The van der Waals surface area contributed by atoms with Gasteiger partial charge in [-0.3, -0.25) is 9.69 Å². The van der Waals surface area contributed by atoms with Crippen LogP contribution in [0.2, 0.25) is 18.1 Å². The number of anilines is 2. The molecule has 2 fully saturated rings. The Morgan fingerprint density at radius 1 is 1.10 bits per heavy atom. The molecule has 4 rings (SSSR count). The van der Waals surface area contributed by atoms with Crippen molar-refractivity contribution >= 4 is 31.7 Å². The van der Waals surface area contributed by atoms with Crippen molar-refractivity contribution in [1.29, 1.82) is 0 Å². The minimum Gasteiger partial charge on any atom is -0.442 e.